The van der Waals surface area contributed by atoms with Crippen molar-refractivity contribution in [2.24, 2.45) is 0 Å². The number of allylic oxidation sites excluding steroid dienone is 4. The van der Waals surface area contributed by atoms with Gasteiger partial charge in [-0.1, -0.05) is 134 Å². The van der Waals surface area contributed by atoms with E-state index in [9.17, 15) is 19.2 Å². The number of hydrogen-bond donors (Lipinski definition) is 4. The monoisotopic (exact) mass is 749 g/mol. The highest BCUT2D eigenvalue weighted by Gasteiger charge is 2.19. The number of carbonyl (C=O) groups is 4. The molecule has 0 spiro atoms. The Morgan fingerprint density at radius 1 is 0.547 bits per heavy atom. The number of ether oxygens (including phenoxy) is 1. The Hall–Kier alpha value is -2.68. The summed E-state index contributed by atoms with van der Waals surface area (Å²) in [5.41, 5.74) is 0. The first-order chi connectivity index (χ1) is 25.8. The number of carboxylic acids is 1. The molecule has 53 heavy (non-hydrogen) atoms. The molecule has 0 bridgehead atoms. The molecule has 0 radical (unpaired) electrons. The van der Waals surface area contributed by atoms with E-state index in [0.29, 0.717) is 19.3 Å². The van der Waals surface area contributed by atoms with Gasteiger partial charge in [-0.15, -0.1) is 0 Å². The molecule has 0 aliphatic heterocycles. The number of esters is 1. The first kappa shape index (κ1) is 50.3. The third-order valence-electron chi connectivity index (χ3n) is 9.67. The molecule has 0 aliphatic rings. The number of aliphatic hydroxyl groups is 1. The molecule has 0 aliphatic carbocycles. The summed E-state index contributed by atoms with van der Waals surface area (Å²) in [5.74, 6) is -2.32. The molecule has 0 fully saturated rings. The van der Waals surface area contributed by atoms with Crippen molar-refractivity contribution >= 4 is 23.8 Å². The summed E-state index contributed by atoms with van der Waals surface area (Å²) in [6, 6.07) is -1.38. The van der Waals surface area contributed by atoms with Gasteiger partial charge in [-0.05, 0) is 83.5 Å². The first-order valence-corrected chi connectivity index (χ1v) is 21.7. The largest absolute Gasteiger partial charge is 0.480 e. The van der Waals surface area contributed by atoms with Crippen LogP contribution in [-0.4, -0.2) is 59.3 Å². The van der Waals surface area contributed by atoms with E-state index in [1.165, 1.54) is 96.3 Å². The predicted octanol–water partition coefficient (Wildman–Crippen LogP) is 10.4. The van der Waals surface area contributed by atoms with Crippen molar-refractivity contribution in [3.63, 3.8) is 0 Å². The molecule has 2 amide bonds. The Bertz CT molecular complexity index is 952. The quantitative estimate of drug-likeness (QED) is 0.0278. The molecule has 2 atom stereocenters. The first-order valence-electron chi connectivity index (χ1n) is 21.7. The van der Waals surface area contributed by atoms with E-state index in [0.717, 1.165) is 77.0 Å². The molecule has 0 aromatic carbocycles. The van der Waals surface area contributed by atoms with Gasteiger partial charge in [0.15, 0.2) is 0 Å². The summed E-state index contributed by atoms with van der Waals surface area (Å²) >= 11 is 0. The molecule has 0 saturated heterocycles. The van der Waals surface area contributed by atoms with Crippen LogP contribution >= 0.6 is 0 Å². The molecule has 0 heterocycles. The number of hydrogen-bond acceptors (Lipinski definition) is 6. The second kappa shape index (κ2) is 39.0. The molecular weight excluding hydrogens is 668 g/mol. The van der Waals surface area contributed by atoms with Crippen molar-refractivity contribution in [3.8, 4) is 0 Å². The van der Waals surface area contributed by atoms with E-state index in [1.54, 1.807) is 0 Å². The molecular formula is C44H80N2O7. The maximum Gasteiger partial charge on any atom is 0.328 e. The van der Waals surface area contributed by atoms with Gasteiger partial charge in [-0.25, -0.2) is 4.79 Å². The smallest absolute Gasteiger partial charge is 0.328 e. The zero-order valence-corrected chi connectivity index (χ0v) is 34.0. The van der Waals surface area contributed by atoms with Gasteiger partial charge >= 0.3 is 11.9 Å². The fourth-order valence-electron chi connectivity index (χ4n) is 6.30. The number of rotatable bonds is 39. The Labute approximate surface area is 324 Å². The number of unbranched alkanes of at least 4 members (excludes halogenated alkanes) is 21. The van der Waals surface area contributed by atoms with Crippen LogP contribution in [0.2, 0.25) is 0 Å². The van der Waals surface area contributed by atoms with Crippen LogP contribution in [0.4, 0.5) is 0 Å². The average Bonchev–Trinajstić information content (AvgIpc) is 3.14. The molecule has 9 heteroatoms. The lowest BCUT2D eigenvalue weighted by molar-refractivity contribution is -0.150. The SMILES string of the molecule is CCCCCCC/C=C\CCCCCCCC(=O)OC(CCC/C=C\CCCCCCCC)CCCCCCCC(=O)NCC(=O)NC(CO)C(=O)O. The molecule has 0 saturated carbocycles. The van der Waals surface area contributed by atoms with E-state index in [2.05, 4.69) is 48.8 Å². The Morgan fingerprint density at radius 3 is 1.49 bits per heavy atom. The van der Waals surface area contributed by atoms with Crippen molar-refractivity contribution in [2.45, 2.75) is 219 Å². The van der Waals surface area contributed by atoms with Crippen LogP contribution in [0.3, 0.4) is 0 Å². The van der Waals surface area contributed by atoms with Crippen molar-refractivity contribution in [1.82, 2.24) is 10.6 Å². The normalized spacial score (nSPS) is 12.7. The van der Waals surface area contributed by atoms with Gasteiger partial charge in [0, 0.05) is 12.8 Å². The second-order valence-corrected chi connectivity index (χ2v) is 14.8. The highest BCUT2D eigenvalue weighted by Crippen LogP contribution is 2.18. The highest BCUT2D eigenvalue weighted by molar-refractivity contribution is 5.87. The minimum atomic E-state index is -1.38. The van der Waals surface area contributed by atoms with Gasteiger partial charge in [0.05, 0.1) is 13.2 Å². The topological polar surface area (TPSA) is 142 Å². The summed E-state index contributed by atoms with van der Waals surface area (Å²) in [5, 5.41) is 22.5. The molecule has 308 valence electrons. The molecule has 4 N–H and O–H groups in total. The van der Waals surface area contributed by atoms with Gasteiger partial charge in [0.2, 0.25) is 11.8 Å². The van der Waals surface area contributed by atoms with Crippen molar-refractivity contribution in [3.05, 3.63) is 24.3 Å². The summed E-state index contributed by atoms with van der Waals surface area (Å²) in [6.45, 7) is 3.46. The number of carboxylic acid groups (broad SMARTS) is 1. The highest BCUT2D eigenvalue weighted by atomic mass is 16.5. The van der Waals surface area contributed by atoms with Gasteiger partial charge in [0.25, 0.3) is 0 Å². The molecule has 0 rings (SSSR count). The van der Waals surface area contributed by atoms with Gasteiger partial charge in [-0.3, -0.25) is 14.4 Å². The lowest BCUT2D eigenvalue weighted by atomic mass is 10.0. The maximum absolute atomic E-state index is 12.8. The number of carbonyl (C=O) groups excluding carboxylic acids is 3. The third-order valence-corrected chi connectivity index (χ3v) is 9.67. The number of aliphatic carboxylic acids is 1. The average molecular weight is 749 g/mol. The molecule has 2 unspecified atom stereocenters. The van der Waals surface area contributed by atoms with Crippen molar-refractivity contribution in [1.29, 1.82) is 0 Å². The molecule has 0 aromatic rings. The standard InChI is InChI=1S/C44H80N2O7/c1-3-5-7-9-11-13-15-16-17-19-21-23-28-32-36-43(50)53-39(33-29-25-22-20-18-14-12-10-8-6-4-2)34-30-26-24-27-31-35-41(48)45-37-42(49)46-40(38-47)44(51)52/h15-16,20,22,39-40,47H,3-14,17-19,21,23-38H2,1-2H3,(H,45,48)(H,46,49)(H,51,52)/b16-15-,22-20-. The molecule has 0 aromatic heterocycles. The van der Waals surface area contributed by atoms with Crippen molar-refractivity contribution in [2.75, 3.05) is 13.2 Å². The van der Waals surface area contributed by atoms with E-state index in [1.807, 2.05) is 0 Å². The number of nitrogens with one attached hydrogen (secondary N) is 2. The summed E-state index contributed by atoms with van der Waals surface area (Å²) in [7, 11) is 0. The van der Waals surface area contributed by atoms with Crippen LogP contribution in [0.5, 0.6) is 0 Å². The van der Waals surface area contributed by atoms with Gasteiger partial charge < -0.3 is 25.6 Å². The zero-order valence-electron chi connectivity index (χ0n) is 34.0. The minimum Gasteiger partial charge on any atom is -0.480 e. The van der Waals surface area contributed by atoms with Crippen LogP contribution in [-0.2, 0) is 23.9 Å². The Balaban J connectivity index is 4.33. The van der Waals surface area contributed by atoms with Crippen LogP contribution < -0.4 is 10.6 Å². The lowest BCUT2D eigenvalue weighted by Crippen LogP contribution is -2.47. The minimum absolute atomic E-state index is 0.0450. The summed E-state index contributed by atoms with van der Waals surface area (Å²) in [6.07, 6.45) is 42.0. The van der Waals surface area contributed by atoms with Gasteiger partial charge in [0.1, 0.15) is 12.1 Å². The van der Waals surface area contributed by atoms with Crippen molar-refractivity contribution < 1.29 is 34.1 Å². The zero-order chi connectivity index (χ0) is 39.0. The lowest BCUT2D eigenvalue weighted by Gasteiger charge is -2.18. The van der Waals surface area contributed by atoms with E-state index >= 15 is 0 Å². The number of amides is 2. The second-order valence-electron chi connectivity index (χ2n) is 14.8. The van der Waals surface area contributed by atoms with Crippen LogP contribution in [0.1, 0.15) is 206 Å². The summed E-state index contributed by atoms with van der Waals surface area (Å²) < 4.78 is 6.00. The fraction of sp³-hybridized carbons (Fsp3) is 0.818. The fourth-order valence-corrected chi connectivity index (χ4v) is 6.30. The Morgan fingerprint density at radius 2 is 0.981 bits per heavy atom. The van der Waals surface area contributed by atoms with Crippen LogP contribution in [0.25, 0.3) is 0 Å². The Kier molecular flexibility index (Phi) is 37.1. The third kappa shape index (κ3) is 36.1. The number of aliphatic hydroxyl groups excluding tert-OH is 1. The molecule has 9 nitrogen and oxygen atoms in total. The van der Waals surface area contributed by atoms with E-state index < -0.39 is 24.5 Å². The van der Waals surface area contributed by atoms with E-state index in [-0.39, 0.29) is 24.5 Å². The maximum atomic E-state index is 12.8. The van der Waals surface area contributed by atoms with Crippen LogP contribution in [0.15, 0.2) is 24.3 Å². The van der Waals surface area contributed by atoms with Gasteiger partial charge in [-0.2, -0.15) is 0 Å². The van der Waals surface area contributed by atoms with Crippen LogP contribution in [0, 0.1) is 0 Å². The summed E-state index contributed by atoms with van der Waals surface area (Å²) in [4.78, 5) is 47.5. The van der Waals surface area contributed by atoms with E-state index in [4.69, 9.17) is 14.9 Å². The predicted molar refractivity (Wildman–Crippen MR) is 218 cm³/mol.